The fourth-order valence-electron chi connectivity index (χ4n) is 2.43. The molecule has 1 saturated heterocycles. The maximum absolute atomic E-state index is 10.7. The Bertz CT molecular complexity index is 405. The molecule has 2 aliphatic rings. The molecule has 0 radical (unpaired) electrons. The summed E-state index contributed by atoms with van der Waals surface area (Å²) in [6.45, 7) is 1.29. The van der Waals surface area contributed by atoms with Crippen molar-refractivity contribution in [3.05, 3.63) is 34.9 Å². The zero-order valence-electron chi connectivity index (χ0n) is 8.36. The number of aryl methyl sites for hydroxylation is 1. The second-order valence-corrected chi connectivity index (χ2v) is 3.98. The number of carbonyl (C=O) groups is 1. The molecule has 1 spiro atoms. The average Bonchev–Trinajstić information content (AvgIpc) is 2.89. The zero-order valence-corrected chi connectivity index (χ0v) is 8.36. The van der Waals surface area contributed by atoms with Crippen LogP contribution in [0.2, 0.25) is 0 Å². The lowest BCUT2D eigenvalue weighted by Gasteiger charge is -2.22. The standard InChI is InChI=1S/C12H12O3/c13-8-9-1-2-10-3-4-12(11(10)7-9)14-5-6-15-12/h1-2,7-8H,3-6H2. The molecule has 3 nitrogen and oxygen atoms in total. The van der Waals surface area contributed by atoms with Crippen molar-refractivity contribution < 1.29 is 14.3 Å². The van der Waals surface area contributed by atoms with Crippen molar-refractivity contribution in [3.8, 4) is 0 Å². The molecule has 0 saturated carbocycles. The van der Waals surface area contributed by atoms with Crippen LogP contribution < -0.4 is 0 Å². The van der Waals surface area contributed by atoms with E-state index in [9.17, 15) is 4.79 Å². The predicted octanol–water partition coefficient (Wildman–Crippen LogP) is 1.64. The second kappa shape index (κ2) is 3.15. The lowest BCUT2D eigenvalue weighted by Crippen LogP contribution is -2.23. The van der Waals surface area contributed by atoms with E-state index >= 15 is 0 Å². The first-order valence-electron chi connectivity index (χ1n) is 5.21. The molecule has 1 aromatic rings. The molecule has 1 aliphatic heterocycles. The van der Waals surface area contributed by atoms with E-state index in [1.807, 2.05) is 18.2 Å². The number of ether oxygens (including phenoxy) is 2. The van der Waals surface area contributed by atoms with Gasteiger partial charge in [0.2, 0.25) is 0 Å². The number of benzene rings is 1. The quantitative estimate of drug-likeness (QED) is 0.652. The number of hydrogen-bond acceptors (Lipinski definition) is 3. The lowest BCUT2D eigenvalue weighted by molar-refractivity contribution is -0.163. The van der Waals surface area contributed by atoms with Crippen LogP contribution in [0, 0.1) is 0 Å². The molecule has 15 heavy (non-hydrogen) atoms. The normalized spacial score (nSPS) is 21.9. The number of rotatable bonds is 1. The van der Waals surface area contributed by atoms with Crippen LogP contribution in [0.4, 0.5) is 0 Å². The summed E-state index contributed by atoms with van der Waals surface area (Å²) in [4.78, 5) is 10.7. The van der Waals surface area contributed by atoms with E-state index in [1.165, 1.54) is 5.56 Å². The van der Waals surface area contributed by atoms with Gasteiger partial charge in [0.15, 0.2) is 5.79 Å². The van der Waals surface area contributed by atoms with E-state index in [-0.39, 0.29) is 0 Å². The van der Waals surface area contributed by atoms with E-state index in [0.29, 0.717) is 18.8 Å². The van der Waals surface area contributed by atoms with E-state index in [2.05, 4.69) is 0 Å². The second-order valence-electron chi connectivity index (χ2n) is 3.98. The van der Waals surface area contributed by atoms with Gasteiger partial charge in [-0.25, -0.2) is 0 Å². The summed E-state index contributed by atoms with van der Waals surface area (Å²) in [6, 6.07) is 5.74. The smallest absolute Gasteiger partial charge is 0.195 e. The van der Waals surface area contributed by atoms with Gasteiger partial charge in [-0.1, -0.05) is 12.1 Å². The van der Waals surface area contributed by atoms with E-state index < -0.39 is 5.79 Å². The van der Waals surface area contributed by atoms with Gasteiger partial charge in [0.1, 0.15) is 6.29 Å². The molecule has 3 heteroatoms. The molecular weight excluding hydrogens is 192 g/mol. The largest absolute Gasteiger partial charge is 0.343 e. The van der Waals surface area contributed by atoms with Gasteiger partial charge < -0.3 is 9.47 Å². The first kappa shape index (κ1) is 9.07. The minimum atomic E-state index is -0.547. The third-order valence-corrected chi connectivity index (χ3v) is 3.16. The van der Waals surface area contributed by atoms with Gasteiger partial charge in [0, 0.05) is 17.5 Å². The number of fused-ring (bicyclic) bond motifs is 2. The Morgan fingerprint density at radius 1 is 1.27 bits per heavy atom. The van der Waals surface area contributed by atoms with Crippen molar-refractivity contribution in [2.24, 2.45) is 0 Å². The maximum atomic E-state index is 10.7. The maximum Gasteiger partial charge on any atom is 0.195 e. The van der Waals surface area contributed by atoms with Crippen LogP contribution in [-0.4, -0.2) is 19.5 Å². The summed E-state index contributed by atoms with van der Waals surface area (Å²) < 4.78 is 11.4. The van der Waals surface area contributed by atoms with Gasteiger partial charge in [-0.15, -0.1) is 0 Å². The lowest BCUT2D eigenvalue weighted by atomic mass is 10.0. The van der Waals surface area contributed by atoms with Crippen LogP contribution >= 0.6 is 0 Å². The fraction of sp³-hybridized carbons (Fsp3) is 0.417. The molecule has 0 amide bonds. The minimum absolute atomic E-state index is 0.547. The van der Waals surface area contributed by atoms with Crippen LogP contribution in [0.1, 0.15) is 27.9 Å². The Labute approximate surface area is 88.0 Å². The van der Waals surface area contributed by atoms with Crippen molar-refractivity contribution in [2.75, 3.05) is 13.2 Å². The topological polar surface area (TPSA) is 35.5 Å². The molecule has 1 heterocycles. The molecule has 3 rings (SSSR count). The van der Waals surface area contributed by atoms with Gasteiger partial charge in [-0.3, -0.25) is 4.79 Å². The van der Waals surface area contributed by atoms with Gasteiger partial charge in [-0.2, -0.15) is 0 Å². The number of aldehydes is 1. The van der Waals surface area contributed by atoms with Crippen molar-refractivity contribution in [2.45, 2.75) is 18.6 Å². The summed E-state index contributed by atoms with van der Waals surface area (Å²) in [7, 11) is 0. The van der Waals surface area contributed by atoms with Gasteiger partial charge in [0.25, 0.3) is 0 Å². The molecular formula is C12H12O3. The van der Waals surface area contributed by atoms with Crippen molar-refractivity contribution >= 4 is 6.29 Å². The average molecular weight is 204 g/mol. The summed E-state index contributed by atoms with van der Waals surface area (Å²) in [5.74, 6) is -0.547. The van der Waals surface area contributed by atoms with Crippen molar-refractivity contribution in [3.63, 3.8) is 0 Å². The monoisotopic (exact) mass is 204 g/mol. The van der Waals surface area contributed by atoms with Crippen molar-refractivity contribution in [1.29, 1.82) is 0 Å². The third kappa shape index (κ3) is 1.24. The molecule has 78 valence electrons. The Balaban J connectivity index is 2.11. The van der Waals surface area contributed by atoms with Crippen LogP contribution in [0.3, 0.4) is 0 Å². The van der Waals surface area contributed by atoms with E-state index in [4.69, 9.17) is 9.47 Å². The SMILES string of the molecule is O=Cc1ccc2c(c1)C1(CC2)OCCO1. The Morgan fingerprint density at radius 2 is 2.07 bits per heavy atom. The van der Waals surface area contributed by atoms with E-state index in [1.54, 1.807) is 0 Å². The molecule has 1 aliphatic carbocycles. The van der Waals surface area contributed by atoms with E-state index in [0.717, 1.165) is 24.7 Å². The summed E-state index contributed by atoms with van der Waals surface area (Å²) >= 11 is 0. The van der Waals surface area contributed by atoms with Gasteiger partial charge in [0.05, 0.1) is 13.2 Å². The van der Waals surface area contributed by atoms with Crippen molar-refractivity contribution in [1.82, 2.24) is 0 Å². The van der Waals surface area contributed by atoms with Gasteiger partial charge >= 0.3 is 0 Å². The highest BCUT2D eigenvalue weighted by Gasteiger charge is 2.43. The molecule has 0 unspecified atom stereocenters. The summed E-state index contributed by atoms with van der Waals surface area (Å²) in [6.07, 6.45) is 2.69. The fourth-order valence-corrected chi connectivity index (χ4v) is 2.43. The van der Waals surface area contributed by atoms with Gasteiger partial charge in [-0.05, 0) is 18.1 Å². The molecule has 1 fully saturated rings. The predicted molar refractivity (Wildman–Crippen MR) is 53.7 cm³/mol. The third-order valence-electron chi connectivity index (χ3n) is 3.16. The van der Waals surface area contributed by atoms with Crippen LogP contribution in [0.15, 0.2) is 18.2 Å². The Kier molecular flexibility index (Phi) is 1.90. The highest BCUT2D eigenvalue weighted by molar-refractivity contribution is 5.75. The summed E-state index contributed by atoms with van der Waals surface area (Å²) in [5, 5.41) is 0. The molecule has 0 aromatic heterocycles. The summed E-state index contributed by atoms with van der Waals surface area (Å²) in [5.41, 5.74) is 2.97. The van der Waals surface area contributed by atoms with Crippen LogP contribution in [-0.2, 0) is 21.7 Å². The zero-order chi connectivity index (χ0) is 10.3. The molecule has 0 atom stereocenters. The first-order valence-corrected chi connectivity index (χ1v) is 5.21. The molecule has 0 N–H and O–H groups in total. The molecule has 0 bridgehead atoms. The first-order chi connectivity index (χ1) is 7.34. The highest BCUT2D eigenvalue weighted by Crippen LogP contribution is 2.43. The Morgan fingerprint density at radius 3 is 2.80 bits per heavy atom. The van der Waals surface area contributed by atoms with Crippen LogP contribution in [0.25, 0.3) is 0 Å². The number of carbonyl (C=O) groups excluding carboxylic acids is 1. The van der Waals surface area contributed by atoms with Crippen LogP contribution in [0.5, 0.6) is 0 Å². The number of hydrogen-bond donors (Lipinski definition) is 0. The molecule has 1 aromatic carbocycles. The Hall–Kier alpha value is -1.19. The highest BCUT2D eigenvalue weighted by atomic mass is 16.7. The minimum Gasteiger partial charge on any atom is -0.343 e.